The molecule has 2 aliphatic rings. The van der Waals surface area contributed by atoms with Gasteiger partial charge in [0.05, 0.1) is 14.2 Å². The number of rotatable bonds is 5. The smallest absolute Gasteiger partial charge is 0.325 e. The van der Waals surface area contributed by atoms with Gasteiger partial charge in [0.1, 0.15) is 23.6 Å². The number of carbonyl (C=O) groups is 3. The third-order valence-corrected chi connectivity index (χ3v) is 5.16. The number of nitrogens with one attached hydrogen (secondary N) is 1. The van der Waals surface area contributed by atoms with Crippen molar-refractivity contribution in [1.82, 2.24) is 15.1 Å². The molecule has 0 aliphatic carbocycles. The molecule has 1 atom stereocenters. The molecule has 2 fully saturated rings. The number of likely N-dealkylation sites (tertiary alicyclic amines) is 1. The minimum Gasteiger partial charge on any atom is -0.497 e. The molecule has 2 aliphatic heterocycles. The summed E-state index contributed by atoms with van der Waals surface area (Å²) in [6.45, 7) is 4.08. The predicted molar refractivity (Wildman–Crippen MR) is 97.8 cm³/mol. The number of urea groups is 1. The minimum absolute atomic E-state index is 0.110. The first kappa shape index (κ1) is 19.0. The first-order valence-corrected chi connectivity index (χ1v) is 8.90. The zero-order chi connectivity index (χ0) is 19.8. The van der Waals surface area contributed by atoms with E-state index in [1.807, 2.05) is 18.2 Å². The maximum absolute atomic E-state index is 12.7. The maximum atomic E-state index is 12.7. The Morgan fingerprint density at radius 3 is 2.59 bits per heavy atom. The summed E-state index contributed by atoms with van der Waals surface area (Å²) in [4.78, 5) is 39.6. The van der Waals surface area contributed by atoms with Crippen LogP contribution in [0.15, 0.2) is 18.2 Å². The van der Waals surface area contributed by atoms with E-state index in [-0.39, 0.29) is 24.3 Å². The highest BCUT2D eigenvalue weighted by Gasteiger charge is 2.45. The first-order chi connectivity index (χ1) is 12.8. The Hall–Kier alpha value is -2.77. The van der Waals surface area contributed by atoms with Gasteiger partial charge in [0, 0.05) is 24.6 Å². The fourth-order valence-corrected chi connectivity index (χ4v) is 3.60. The van der Waals surface area contributed by atoms with E-state index in [2.05, 4.69) is 5.32 Å². The van der Waals surface area contributed by atoms with Crippen LogP contribution in [0.3, 0.4) is 0 Å². The zero-order valence-electron chi connectivity index (χ0n) is 16.1. The fourth-order valence-electron chi connectivity index (χ4n) is 3.60. The molecule has 8 heteroatoms. The monoisotopic (exact) mass is 375 g/mol. The molecule has 0 bridgehead atoms. The molecule has 3 rings (SSSR count). The summed E-state index contributed by atoms with van der Waals surface area (Å²) in [6.07, 6.45) is 0.779. The molecule has 8 nitrogen and oxygen atoms in total. The fraction of sp³-hybridized carbons (Fsp3) is 0.526. The standard InChI is InChI=1S/C19H25N3O5/c1-19(2)17(24)22(18(25)20-19)11-16(23)21-8-7-12(10-21)14-9-13(26-3)5-6-15(14)27-4/h5-6,9,12H,7-8,10-11H2,1-4H3,(H,20,25). The first-order valence-electron chi connectivity index (χ1n) is 8.90. The summed E-state index contributed by atoms with van der Waals surface area (Å²) >= 11 is 0. The molecule has 0 aromatic heterocycles. The molecule has 0 saturated carbocycles. The second-order valence-corrected chi connectivity index (χ2v) is 7.38. The van der Waals surface area contributed by atoms with Gasteiger partial charge in [-0.1, -0.05) is 0 Å². The number of hydrogen-bond donors (Lipinski definition) is 1. The van der Waals surface area contributed by atoms with Crippen molar-refractivity contribution in [3.63, 3.8) is 0 Å². The number of ether oxygens (including phenoxy) is 2. The molecule has 2 saturated heterocycles. The summed E-state index contributed by atoms with van der Waals surface area (Å²) in [7, 11) is 3.22. The Kier molecular flexibility index (Phi) is 4.99. The summed E-state index contributed by atoms with van der Waals surface area (Å²) in [5, 5.41) is 2.59. The van der Waals surface area contributed by atoms with Crippen LogP contribution < -0.4 is 14.8 Å². The summed E-state index contributed by atoms with van der Waals surface area (Å²) < 4.78 is 10.7. The van der Waals surface area contributed by atoms with Gasteiger partial charge in [0.25, 0.3) is 5.91 Å². The van der Waals surface area contributed by atoms with E-state index in [4.69, 9.17) is 9.47 Å². The van der Waals surface area contributed by atoms with E-state index in [1.54, 1.807) is 33.0 Å². The summed E-state index contributed by atoms with van der Waals surface area (Å²) in [6, 6.07) is 5.09. The normalized spacial score (nSPS) is 21.4. The number of methoxy groups -OCH3 is 2. The molecule has 0 radical (unpaired) electrons. The van der Waals surface area contributed by atoms with Gasteiger partial charge in [-0.25, -0.2) is 4.79 Å². The molecule has 1 aromatic rings. The molecule has 2 heterocycles. The second kappa shape index (κ2) is 7.09. The predicted octanol–water partition coefficient (Wildman–Crippen LogP) is 1.35. The molecule has 1 unspecified atom stereocenters. The van der Waals surface area contributed by atoms with Gasteiger partial charge >= 0.3 is 6.03 Å². The quantitative estimate of drug-likeness (QED) is 0.785. The molecule has 1 aromatic carbocycles. The third-order valence-electron chi connectivity index (χ3n) is 5.16. The largest absolute Gasteiger partial charge is 0.497 e. The van der Waals surface area contributed by atoms with Crippen LogP contribution in [0, 0.1) is 0 Å². The number of carbonyl (C=O) groups excluding carboxylic acids is 3. The van der Waals surface area contributed by atoms with Crippen LogP contribution in [0.4, 0.5) is 4.79 Å². The van der Waals surface area contributed by atoms with Gasteiger partial charge in [0.15, 0.2) is 0 Å². The minimum atomic E-state index is -0.973. The Labute approximate surface area is 158 Å². The van der Waals surface area contributed by atoms with E-state index in [9.17, 15) is 14.4 Å². The Morgan fingerprint density at radius 1 is 1.26 bits per heavy atom. The van der Waals surface area contributed by atoms with Crippen molar-refractivity contribution in [1.29, 1.82) is 0 Å². The summed E-state index contributed by atoms with van der Waals surface area (Å²) in [5.74, 6) is 0.980. The Bertz CT molecular complexity index is 777. The van der Waals surface area contributed by atoms with Crippen LogP contribution in [-0.4, -0.2) is 67.0 Å². The average Bonchev–Trinajstić information content (AvgIpc) is 3.20. The van der Waals surface area contributed by atoms with Crippen LogP contribution >= 0.6 is 0 Å². The molecular weight excluding hydrogens is 350 g/mol. The lowest BCUT2D eigenvalue weighted by atomic mass is 9.97. The van der Waals surface area contributed by atoms with Crippen LogP contribution in [-0.2, 0) is 9.59 Å². The van der Waals surface area contributed by atoms with Crippen molar-refractivity contribution in [3.8, 4) is 11.5 Å². The third kappa shape index (κ3) is 3.56. The number of amides is 4. The molecular formula is C19H25N3O5. The van der Waals surface area contributed by atoms with Crippen molar-refractivity contribution in [2.75, 3.05) is 33.9 Å². The molecule has 0 spiro atoms. The van der Waals surface area contributed by atoms with Crippen molar-refractivity contribution in [2.24, 2.45) is 0 Å². The van der Waals surface area contributed by atoms with Gasteiger partial charge < -0.3 is 19.7 Å². The van der Waals surface area contributed by atoms with E-state index >= 15 is 0 Å². The Balaban J connectivity index is 1.69. The van der Waals surface area contributed by atoms with Crippen LogP contribution in [0.25, 0.3) is 0 Å². The number of nitrogens with zero attached hydrogens (tertiary/aromatic N) is 2. The number of benzene rings is 1. The number of hydrogen-bond acceptors (Lipinski definition) is 5. The van der Waals surface area contributed by atoms with Crippen LogP contribution in [0.1, 0.15) is 31.7 Å². The topological polar surface area (TPSA) is 88.2 Å². The second-order valence-electron chi connectivity index (χ2n) is 7.38. The van der Waals surface area contributed by atoms with Gasteiger partial charge in [-0.2, -0.15) is 0 Å². The molecule has 27 heavy (non-hydrogen) atoms. The number of imide groups is 1. The SMILES string of the molecule is COc1ccc(OC)c(C2CCN(C(=O)CN3C(=O)NC(C)(C)C3=O)C2)c1. The van der Waals surface area contributed by atoms with Crippen molar-refractivity contribution in [2.45, 2.75) is 31.7 Å². The molecule has 146 valence electrons. The lowest BCUT2D eigenvalue weighted by Crippen LogP contribution is -2.44. The van der Waals surface area contributed by atoms with E-state index in [0.717, 1.165) is 28.4 Å². The molecule has 4 amide bonds. The van der Waals surface area contributed by atoms with E-state index in [0.29, 0.717) is 13.1 Å². The Morgan fingerprint density at radius 2 is 2.00 bits per heavy atom. The maximum Gasteiger partial charge on any atom is 0.325 e. The average molecular weight is 375 g/mol. The zero-order valence-corrected chi connectivity index (χ0v) is 16.1. The van der Waals surface area contributed by atoms with Crippen LogP contribution in [0.5, 0.6) is 11.5 Å². The highest BCUT2D eigenvalue weighted by atomic mass is 16.5. The van der Waals surface area contributed by atoms with E-state index in [1.165, 1.54) is 0 Å². The lowest BCUT2D eigenvalue weighted by Gasteiger charge is -2.21. The lowest BCUT2D eigenvalue weighted by molar-refractivity contribution is -0.137. The summed E-state index contributed by atoms with van der Waals surface area (Å²) in [5.41, 5.74) is 0.0158. The highest BCUT2D eigenvalue weighted by Crippen LogP contribution is 2.36. The van der Waals surface area contributed by atoms with Gasteiger partial charge in [-0.05, 0) is 38.5 Å². The van der Waals surface area contributed by atoms with Crippen LogP contribution in [0.2, 0.25) is 0 Å². The van der Waals surface area contributed by atoms with Crippen molar-refractivity contribution < 1.29 is 23.9 Å². The molecule has 1 N–H and O–H groups in total. The van der Waals surface area contributed by atoms with Gasteiger partial charge in [-0.15, -0.1) is 0 Å². The van der Waals surface area contributed by atoms with Gasteiger partial charge in [0.2, 0.25) is 5.91 Å². The van der Waals surface area contributed by atoms with Crippen molar-refractivity contribution in [3.05, 3.63) is 23.8 Å². The highest BCUT2D eigenvalue weighted by molar-refractivity contribution is 6.08. The van der Waals surface area contributed by atoms with Gasteiger partial charge in [-0.3, -0.25) is 14.5 Å². The van der Waals surface area contributed by atoms with E-state index < -0.39 is 11.6 Å². The van der Waals surface area contributed by atoms with Crippen molar-refractivity contribution >= 4 is 17.8 Å².